The fourth-order valence-electron chi connectivity index (χ4n) is 2.85. The number of thiol groups is 1. The minimum absolute atomic E-state index is 0.171. The first kappa shape index (κ1) is 33.1. The fraction of sp³-hybridized carbons (Fsp3) is 0.600. The molecule has 0 saturated carbocycles. The smallest absolute Gasteiger partial charge is 0.326 e. The van der Waals surface area contributed by atoms with Crippen LogP contribution in [0.15, 0.2) is 0 Å². The maximum Gasteiger partial charge on any atom is 0.326 e. The molecule has 0 unspecified atom stereocenters. The molecule has 0 rings (SSSR count). The third-order valence-corrected chi connectivity index (χ3v) is 5.06. The van der Waals surface area contributed by atoms with Crippen molar-refractivity contribution in [3.05, 3.63) is 0 Å². The largest absolute Gasteiger partial charge is 0.481 e. The summed E-state index contributed by atoms with van der Waals surface area (Å²) in [5, 5.41) is 44.6. The molecule has 0 aromatic heterocycles. The summed E-state index contributed by atoms with van der Waals surface area (Å²) in [6.07, 6.45) is -3.29. The van der Waals surface area contributed by atoms with E-state index >= 15 is 0 Å². The lowest BCUT2D eigenvalue weighted by Crippen LogP contribution is -2.58. The second kappa shape index (κ2) is 16.7. The van der Waals surface area contributed by atoms with E-state index in [9.17, 15) is 43.5 Å². The van der Waals surface area contributed by atoms with Gasteiger partial charge in [0.2, 0.25) is 23.6 Å². The van der Waals surface area contributed by atoms with Crippen LogP contribution in [0.2, 0.25) is 0 Å². The highest BCUT2D eigenvalue weighted by atomic mass is 32.1. The van der Waals surface area contributed by atoms with Crippen molar-refractivity contribution in [2.75, 3.05) is 5.75 Å². The molecule has 0 aromatic rings. The van der Waals surface area contributed by atoms with Crippen molar-refractivity contribution in [1.29, 1.82) is 0 Å². The molecule has 17 heteroatoms. The zero-order valence-corrected chi connectivity index (χ0v) is 20.7. The molecule has 208 valence electrons. The van der Waals surface area contributed by atoms with Crippen LogP contribution in [-0.4, -0.2) is 97.9 Å². The maximum atomic E-state index is 12.9. The summed E-state index contributed by atoms with van der Waals surface area (Å²) in [6, 6.07) is -6.01. The summed E-state index contributed by atoms with van der Waals surface area (Å²) in [5.41, 5.74) is 0. The van der Waals surface area contributed by atoms with E-state index in [0.29, 0.717) is 0 Å². The van der Waals surface area contributed by atoms with Gasteiger partial charge in [-0.25, -0.2) is 4.79 Å². The van der Waals surface area contributed by atoms with Crippen LogP contribution in [0.3, 0.4) is 0 Å². The van der Waals surface area contributed by atoms with E-state index in [1.54, 1.807) is 0 Å². The van der Waals surface area contributed by atoms with Gasteiger partial charge in [0, 0.05) is 31.9 Å². The van der Waals surface area contributed by atoms with Gasteiger partial charge in [-0.1, -0.05) is 0 Å². The van der Waals surface area contributed by atoms with E-state index in [1.165, 1.54) is 0 Å². The average Bonchev–Trinajstić information content (AvgIpc) is 2.78. The van der Waals surface area contributed by atoms with Gasteiger partial charge in [0.05, 0.1) is 0 Å². The highest BCUT2D eigenvalue weighted by Gasteiger charge is 2.31. The van der Waals surface area contributed by atoms with E-state index in [1.807, 2.05) is 5.32 Å². The number of carbonyl (C=O) groups excluding carboxylic acids is 4. The van der Waals surface area contributed by atoms with Crippen molar-refractivity contribution >= 4 is 60.1 Å². The van der Waals surface area contributed by atoms with Crippen molar-refractivity contribution < 1.29 is 58.8 Å². The first-order valence-corrected chi connectivity index (χ1v) is 11.5. The second-order valence-electron chi connectivity index (χ2n) is 7.75. The van der Waals surface area contributed by atoms with Gasteiger partial charge < -0.3 is 41.7 Å². The number of aliphatic carboxylic acids is 4. The number of rotatable bonds is 18. The second-order valence-corrected chi connectivity index (χ2v) is 8.12. The molecule has 16 nitrogen and oxygen atoms in total. The molecule has 37 heavy (non-hydrogen) atoms. The Labute approximate surface area is 215 Å². The predicted octanol–water partition coefficient (Wildman–Crippen LogP) is -2.45. The minimum Gasteiger partial charge on any atom is -0.481 e. The lowest BCUT2D eigenvalue weighted by atomic mass is 10.1. The van der Waals surface area contributed by atoms with Crippen LogP contribution >= 0.6 is 12.6 Å². The summed E-state index contributed by atoms with van der Waals surface area (Å²) in [6.45, 7) is 1.13. The SMILES string of the molecule is CC(=O)N[C@@H](CS)C(=O)N[C@@H](CCC(=O)O)C(=O)N[C@@H](CCC(=O)O)C(=O)N[C@@H](CCC(=O)O)C(=O)O. The van der Waals surface area contributed by atoms with Gasteiger partial charge in [0.1, 0.15) is 24.2 Å². The molecule has 4 amide bonds. The molecule has 4 atom stereocenters. The maximum absolute atomic E-state index is 12.9. The topological polar surface area (TPSA) is 266 Å². The summed E-state index contributed by atoms with van der Waals surface area (Å²) >= 11 is 3.93. The van der Waals surface area contributed by atoms with E-state index < -0.39 is 110 Å². The first-order chi connectivity index (χ1) is 17.2. The zero-order valence-electron chi connectivity index (χ0n) is 19.8. The highest BCUT2D eigenvalue weighted by Crippen LogP contribution is 2.06. The van der Waals surface area contributed by atoms with Crippen molar-refractivity contribution in [3.8, 4) is 0 Å². The van der Waals surface area contributed by atoms with Gasteiger partial charge >= 0.3 is 23.9 Å². The number of carboxylic acids is 4. The molecule has 0 heterocycles. The summed E-state index contributed by atoms with van der Waals surface area (Å²) in [5.74, 6) is -9.43. The summed E-state index contributed by atoms with van der Waals surface area (Å²) in [4.78, 5) is 93.4. The van der Waals surface area contributed by atoms with Crippen LogP contribution in [0.5, 0.6) is 0 Å². The molecular weight excluding hydrogens is 520 g/mol. The Morgan fingerprint density at radius 1 is 0.568 bits per heavy atom. The third-order valence-electron chi connectivity index (χ3n) is 4.70. The molecule has 0 spiro atoms. The quantitative estimate of drug-likeness (QED) is 0.0805. The molecule has 8 N–H and O–H groups in total. The fourth-order valence-corrected chi connectivity index (χ4v) is 3.11. The van der Waals surface area contributed by atoms with Crippen LogP contribution in [-0.2, 0) is 38.4 Å². The monoisotopic (exact) mass is 550 g/mol. The number of hydrogen-bond donors (Lipinski definition) is 9. The lowest BCUT2D eigenvalue weighted by Gasteiger charge is -2.25. The first-order valence-electron chi connectivity index (χ1n) is 10.8. The van der Waals surface area contributed by atoms with Crippen LogP contribution in [0.1, 0.15) is 45.4 Å². The lowest BCUT2D eigenvalue weighted by molar-refractivity contribution is -0.144. The van der Waals surface area contributed by atoms with Gasteiger partial charge in [0.15, 0.2) is 0 Å². The molecule has 0 fully saturated rings. The van der Waals surface area contributed by atoms with Crippen LogP contribution in [0.4, 0.5) is 0 Å². The summed E-state index contributed by atoms with van der Waals surface area (Å²) < 4.78 is 0. The Hall–Kier alpha value is -3.89. The number of carbonyl (C=O) groups is 8. The number of hydrogen-bond acceptors (Lipinski definition) is 9. The van der Waals surface area contributed by atoms with E-state index in [4.69, 9.17) is 15.3 Å². The summed E-state index contributed by atoms with van der Waals surface area (Å²) in [7, 11) is 0. The average molecular weight is 551 g/mol. The molecule has 0 aromatic carbocycles. The third kappa shape index (κ3) is 14.3. The number of nitrogens with one attached hydrogen (secondary N) is 4. The van der Waals surface area contributed by atoms with Gasteiger partial charge in [-0.3, -0.25) is 33.6 Å². The van der Waals surface area contributed by atoms with Crippen LogP contribution in [0.25, 0.3) is 0 Å². The van der Waals surface area contributed by atoms with Crippen molar-refractivity contribution in [1.82, 2.24) is 21.3 Å². The van der Waals surface area contributed by atoms with Gasteiger partial charge in [-0.15, -0.1) is 0 Å². The highest BCUT2D eigenvalue weighted by molar-refractivity contribution is 7.80. The minimum atomic E-state index is -1.66. The number of carboxylic acid groups (broad SMARTS) is 4. The predicted molar refractivity (Wildman–Crippen MR) is 125 cm³/mol. The molecule has 0 aliphatic rings. The van der Waals surface area contributed by atoms with Crippen molar-refractivity contribution in [2.24, 2.45) is 0 Å². The zero-order chi connectivity index (χ0) is 28.7. The standard InChI is InChI=1S/C20H30N4O12S/c1-9(25)21-13(8-37)19(34)23-10(2-5-14(26)27)17(32)22-11(3-6-15(28)29)18(33)24-12(20(35)36)4-7-16(30)31/h10-13,37H,2-8H2,1H3,(H,21,25)(H,22,32)(H,23,34)(H,24,33)(H,26,27)(H,28,29)(H,30,31)(H,35,36)/t10-,11-,12-,13-/m0/s1. The molecule has 0 aliphatic heterocycles. The Morgan fingerprint density at radius 2 is 0.892 bits per heavy atom. The Morgan fingerprint density at radius 3 is 1.19 bits per heavy atom. The van der Waals surface area contributed by atoms with Crippen LogP contribution < -0.4 is 21.3 Å². The molecular formula is C20H30N4O12S. The molecule has 0 saturated heterocycles. The molecule has 0 bridgehead atoms. The van der Waals surface area contributed by atoms with Gasteiger partial charge in [-0.2, -0.15) is 12.6 Å². The Kier molecular flexibility index (Phi) is 15.0. The van der Waals surface area contributed by atoms with E-state index in [0.717, 1.165) is 6.92 Å². The Bertz CT molecular complexity index is 897. The van der Waals surface area contributed by atoms with Gasteiger partial charge in [-0.05, 0) is 19.3 Å². The van der Waals surface area contributed by atoms with Crippen molar-refractivity contribution in [3.63, 3.8) is 0 Å². The van der Waals surface area contributed by atoms with E-state index in [2.05, 4.69) is 28.6 Å². The van der Waals surface area contributed by atoms with Gasteiger partial charge in [0.25, 0.3) is 0 Å². The van der Waals surface area contributed by atoms with E-state index in [-0.39, 0.29) is 5.75 Å². The van der Waals surface area contributed by atoms with Crippen LogP contribution in [0, 0.1) is 0 Å². The Balaban J connectivity index is 5.74. The number of amides is 4. The van der Waals surface area contributed by atoms with Crippen molar-refractivity contribution in [2.45, 2.75) is 69.6 Å². The molecule has 0 aliphatic carbocycles. The normalized spacial score (nSPS) is 13.7. The molecule has 0 radical (unpaired) electrons.